The van der Waals surface area contributed by atoms with E-state index >= 15 is 0 Å². The number of anilines is 2. The van der Waals surface area contributed by atoms with Crippen molar-refractivity contribution in [3.8, 4) is 0 Å². The minimum Gasteiger partial charge on any atom is -0.332 e. The second kappa shape index (κ2) is 8.67. The molecule has 4 nitrogen and oxygen atoms in total. The third-order valence-electron chi connectivity index (χ3n) is 3.74. The predicted octanol–water partition coefficient (Wildman–Crippen LogP) is 6.66. The summed E-state index contributed by atoms with van der Waals surface area (Å²) in [6, 6.07) is 10.8. The Balaban J connectivity index is 1.70. The summed E-state index contributed by atoms with van der Waals surface area (Å²) in [5.74, 6) is 0.443. The van der Waals surface area contributed by atoms with E-state index < -0.39 is 0 Å². The highest BCUT2D eigenvalue weighted by Gasteiger charge is 2.11. The van der Waals surface area contributed by atoms with Crippen molar-refractivity contribution in [2.45, 2.75) is 13.5 Å². The summed E-state index contributed by atoms with van der Waals surface area (Å²) in [4.78, 5) is 0. The van der Waals surface area contributed by atoms with Gasteiger partial charge in [0.1, 0.15) is 5.02 Å². The Bertz CT molecular complexity index is 1000. The summed E-state index contributed by atoms with van der Waals surface area (Å²) < 4.78 is 1.67. The zero-order valence-electron chi connectivity index (χ0n) is 14.1. The number of nitrogens with one attached hydrogen (secondary N) is 2. The molecule has 0 aliphatic heterocycles. The zero-order chi connectivity index (χ0) is 19.6. The summed E-state index contributed by atoms with van der Waals surface area (Å²) in [6.45, 7) is 2.41. The van der Waals surface area contributed by atoms with Crippen LogP contribution >= 0.6 is 58.6 Å². The van der Waals surface area contributed by atoms with Crippen molar-refractivity contribution in [1.82, 2.24) is 9.78 Å². The van der Waals surface area contributed by atoms with E-state index in [1.807, 2.05) is 25.1 Å². The molecule has 9 heteroatoms. The number of aryl methyl sites for hydroxylation is 1. The van der Waals surface area contributed by atoms with Gasteiger partial charge in [-0.15, -0.1) is 0 Å². The number of rotatable bonds is 4. The average molecular weight is 460 g/mol. The van der Waals surface area contributed by atoms with E-state index in [4.69, 9.17) is 58.6 Å². The van der Waals surface area contributed by atoms with Gasteiger partial charge in [0.25, 0.3) is 0 Å². The van der Waals surface area contributed by atoms with Crippen LogP contribution in [-0.2, 0) is 6.54 Å². The molecule has 0 atom stereocenters. The van der Waals surface area contributed by atoms with Gasteiger partial charge in [0, 0.05) is 27.0 Å². The molecule has 2 aromatic carbocycles. The zero-order valence-corrected chi connectivity index (χ0v) is 17.9. The van der Waals surface area contributed by atoms with Crippen LogP contribution in [0.2, 0.25) is 20.1 Å². The molecule has 3 rings (SSSR count). The maximum absolute atomic E-state index is 6.27. The van der Waals surface area contributed by atoms with Crippen molar-refractivity contribution in [2.24, 2.45) is 0 Å². The molecule has 27 heavy (non-hydrogen) atoms. The van der Waals surface area contributed by atoms with Gasteiger partial charge in [-0.1, -0.05) is 58.5 Å². The SMILES string of the molecule is Cc1ccc(Cl)cc1NC(=S)Nc1nn(Cc2ccc(Cl)cc2Cl)cc1Cl. The van der Waals surface area contributed by atoms with Crippen LogP contribution in [0, 0.1) is 6.92 Å². The molecule has 0 amide bonds. The molecule has 140 valence electrons. The first-order valence-corrected chi connectivity index (χ1v) is 9.75. The van der Waals surface area contributed by atoms with E-state index in [9.17, 15) is 0 Å². The van der Waals surface area contributed by atoms with E-state index in [-0.39, 0.29) is 0 Å². The fourth-order valence-corrected chi connectivity index (χ4v) is 3.42. The fraction of sp³-hybridized carbons (Fsp3) is 0.111. The van der Waals surface area contributed by atoms with Gasteiger partial charge in [-0.2, -0.15) is 5.10 Å². The van der Waals surface area contributed by atoms with Gasteiger partial charge in [0.15, 0.2) is 10.9 Å². The molecule has 3 aromatic rings. The molecule has 0 aliphatic carbocycles. The minimum absolute atomic E-state index is 0.358. The lowest BCUT2D eigenvalue weighted by molar-refractivity contribution is 0.690. The second-order valence-electron chi connectivity index (χ2n) is 5.80. The monoisotopic (exact) mass is 458 g/mol. The molecule has 0 unspecified atom stereocenters. The lowest BCUT2D eigenvalue weighted by atomic mass is 10.2. The molecule has 0 radical (unpaired) electrons. The summed E-state index contributed by atoms with van der Waals surface area (Å²) in [6.07, 6.45) is 1.70. The standard InChI is InChI=1S/C18H14Cl4N4S/c1-10-2-4-13(20)7-16(10)23-18(27)24-17-15(22)9-26(25-17)8-11-3-5-12(19)6-14(11)21/h2-7,9H,8H2,1H3,(H2,23,24,25,27). The lowest BCUT2D eigenvalue weighted by Crippen LogP contribution is -2.20. The van der Waals surface area contributed by atoms with Crippen LogP contribution in [0.3, 0.4) is 0 Å². The fourth-order valence-electron chi connectivity index (χ4n) is 2.38. The summed E-state index contributed by atoms with van der Waals surface area (Å²) >= 11 is 29.8. The molecule has 0 fully saturated rings. The number of aromatic nitrogens is 2. The number of nitrogens with zero attached hydrogens (tertiary/aromatic N) is 2. The van der Waals surface area contributed by atoms with Gasteiger partial charge in [-0.05, 0) is 54.5 Å². The molecule has 0 aliphatic rings. The van der Waals surface area contributed by atoms with Crippen LogP contribution in [0.5, 0.6) is 0 Å². The quantitative estimate of drug-likeness (QED) is 0.428. The van der Waals surface area contributed by atoms with Crippen LogP contribution < -0.4 is 10.6 Å². The molecule has 0 saturated heterocycles. The van der Waals surface area contributed by atoms with Crippen molar-refractivity contribution < 1.29 is 0 Å². The number of benzene rings is 2. The minimum atomic E-state index is 0.358. The Morgan fingerprint density at radius 2 is 1.70 bits per heavy atom. The molecular formula is C18H14Cl4N4S. The average Bonchev–Trinajstić information content (AvgIpc) is 2.93. The Hall–Kier alpha value is -1.50. The van der Waals surface area contributed by atoms with Crippen molar-refractivity contribution in [3.05, 3.63) is 73.8 Å². The predicted molar refractivity (Wildman–Crippen MR) is 119 cm³/mol. The Morgan fingerprint density at radius 3 is 2.44 bits per heavy atom. The summed E-state index contributed by atoms with van der Waals surface area (Å²) in [7, 11) is 0. The Morgan fingerprint density at radius 1 is 1.00 bits per heavy atom. The third kappa shape index (κ3) is 5.27. The summed E-state index contributed by atoms with van der Waals surface area (Å²) in [5, 5.41) is 13.1. The third-order valence-corrected chi connectivity index (χ3v) is 5.05. The maximum Gasteiger partial charge on any atom is 0.176 e. The molecule has 0 bridgehead atoms. The lowest BCUT2D eigenvalue weighted by Gasteiger charge is -2.11. The van der Waals surface area contributed by atoms with Gasteiger partial charge < -0.3 is 10.6 Å². The van der Waals surface area contributed by atoms with Gasteiger partial charge in [0.05, 0.1) is 6.54 Å². The first-order valence-electron chi connectivity index (χ1n) is 7.83. The topological polar surface area (TPSA) is 41.9 Å². The van der Waals surface area contributed by atoms with Crippen LogP contribution in [-0.4, -0.2) is 14.9 Å². The van der Waals surface area contributed by atoms with Gasteiger partial charge in [0.2, 0.25) is 0 Å². The second-order valence-corrected chi connectivity index (χ2v) is 7.89. The molecule has 0 spiro atoms. The highest BCUT2D eigenvalue weighted by Crippen LogP contribution is 2.25. The van der Waals surface area contributed by atoms with Gasteiger partial charge in [-0.3, -0.25) is 4.68 Å². The molecular weight excluding hydrogens is 446 g/mol. The number of thiocarbonyl (C=S) groups is 1. The van der Waals surface area contributed by atoms with Crippen LogP contribution in [0.4, 0.5) is 11.5 Å². The molecule has 0 saturated carbocycles. The Labute approximate surface area is 182 Å². The van der Waals surface area contributed by atoms with E-state index in [0.29, 0.717) is 37.6 Å². The summed E-state index contributed by atoms with van der Waals surface area (Å²) in [5.41, 5.74) is 2.70. The van der Waals surface area contributed by atoms with Crippen LogP contribution in [0.25, 0.3) is 0 Å². The molecule has 1 aromatic heterocycles. The van der Waals surface area contributed by atoms with E-state index in [2.05, 4.69) is 15.7 Å². The largest absolute Gasteiger partial charge is 0.332 e. The van der Waals surface area contributed by atoms with Crippen molar-refractivity contribution in [3.63, 3.8) is 0 Å². The van der Waals surface area contributed by atoms with Gasteiger partial charge in [-0.25, -0.2) is 0 Å². The number of hydrogen-bond acceptors (Lipinski definition) is 2. The van der Waals surface area contributed by atoms with Crippen LogP contribution in [0.1, 0.15) is 11.1 Å². The normalized spacial score (nSPS) is 10.7. The maximum atomic E-state index is 6.27. The van der Waals surface area contributed by atoms with Crippen molar-refractivity contribution in [2.75, 3.05) is 10.6 Å². The first kappa shape index (κ1) is 20.2. The van der Waals surface area contributed by atoms with Crippen LogP contribution in [0.15, 0.2) is 42.6 Å². The van der Waals surface area contributed by atoms with Crippen molar-refractivity contribution in [1.29, 1.82) is 0 Å². The van der Waals surface area contributed by atoms with Crippen molar-refractivity contribution >= 4 is 75.2 Å². The van der Waals surface area contributed by atoms with Gasteiger partial charge >= 0.3 is 0 Å². The first-order chi connectivity index (χ1) is 12.8. The number of hydrogen-bond donors (Lipinski definition) is 2. The molecule has 2 N–H and O–H groups in total. The molecule has 1 heterocycles. The Kier molecular flexibility index (Phi) is 6.50. The van der Waals surface area contributed by atoms with E-state index in [1.165, 1.54) is 0 Å². The smallest absolute Gasteiger partial charge is 0.176 e. The van der Waals surface area contributed by atoms with E-state index in [0.717, 1.165) is 16.8 Å². The van der Waals surface area contributed by atoms with E-state index in [1.54, 1.807) is 29.1 Å². The highest BCUT2D eigenvalue weighted by atomic mass is 35.5. The highest BCUT2D eigenvalue weighted by molar-refractivity contribution is 7.80. The number of halogens is 4.